The molecule has 1 amide bonds. The molecule has 1 N–H and O–H groups in total. The maximum absolute atomic E-state index is 13.9. The summed E-state index contributed by atoms with van der Waals surface area (Å²) < 4.78 is 16.5. The highest BCUT2D eigenvalue weighted by molar-refractivity contribution is 7.17. The van der Waals surface area contributed by atoms with Gasteiger partial charge in [0.25, 0.3) is 5.91 Å². The van der Waals surface area contributed by atoms with Crippen molar-refractivity contribution in [2.45, 2.75) is 33.7 Å². The number of hydrogen-bond acceptors (Lipinski definition) is 9. The molecule has 1 unspecified atom stereocenters. The van der Waals surface area contributed by atoms with Gasteiger partial charge in [0.1, 0.15) is 10.5 Å². The number of ether oxygens (including phenoxy) is 2. The normalized spacial score (nSPS) is 14.8. The Kier molecular flexibility index (Phi) is 5.99. The number of anilines is 1. The second-order valence-electron chi connectivity index (χ2n) is 8.75. The molecule has 0 saturated heterocycles. The molecule has 2 aromatic carbocycles. The van der Waals surface area contributed by atoms with E-state index in [4.69, 9.17) is 13.9 Å². The van der Waals surface area contributed by atoms with Gasteiger partial charge >= 0.3 is 5.97 Å². The highest BCUT2D eigenvalue weighted by Gasteiger charge is 2.45. The molecule has 5 rings (SSSR count). The Morgan fingerprint density at radius 3 is 2.59 bits per heavy atom. The predicted octanol–water partition coefficient (Wildman–Crippen LogP) is 4.82. The second kappa shape index (κ2) is 9.04. The number of rotatable bonds is 5. The summed E-state index contributed by atoms with van der Waals surface area (Å²) in [4.78, 5) is 46.3. The largest absolute Gasteiger partial charge is 0.504 e. The minimum atomic E-state index is -0.931. The topological polar surface area (TPSA) is 119 Å². The van der Waals surface area contributed by atoms with Crippen LogP contribution in [0.4, 0.5) is 5.13 Å². The molecule has 0 spiro atoms. The number of carbonyl (C=O) groups is 2. The molecule has 3 heterocycles. The first-order chi connectivity index (χ1) is 17.7. The lowest BCUT2D eigenvalue weighted by atomic mass is 9.97. The number of methoxy groups -OCH3 is 1. The zero-order chi connectivity index (χ0) is 26.6. The van der Waals surface area contributed by atoms with Crippen LogP contribution in [0.15, 0.2) is 39.5 Å². The number of hydrogen-bond donors (Lipinski definition) is 1. The van der Waals surface area contributed by atoms with Gasteiger partial charge in [0.15, 0.2) is 22.1 Å². The van der Waals surface area contributed by atoms with Crippen LogP contribution in [0.2, 0.25) is 0 Å². The molecule has 1 aliphatic rings. The molecule has 0 fully saturated rings. The van der Waals surface area contributed by atoms with Crippen molar-refractivity contribution >= 4 is 39.3 Å². The van der Waals surface area contributed by atoms with E-state index in [-0.39, 0.29) is 44.9 Å². The molecule has 0 saturated carbocycles. The fourth-order valence-electron chi connectivity index (χ4n) is 4.48. The van der Waals surface area contributed by atoms with Crippen LogP contribution in [0.1, 0.15) is 61.1 Å². The van der Waals surface area contributed by atoms with E-state index < -0.39 is 17.9 Å². The molecule has 0 aliphatic carbocycles. The van der Waals surface area contributed by atoms with Crippen molar-refractivity contribution in [3.8, 4) is 11.5 Å². The molecular formula is C27H24N2O7S. The van der Waals surface area contributed by atoms with E-state index in [0.717, 1.165) is 22.5 Å². The summed E-state index contributed by atoms with van der Waals surface area (Å²) in [5, 5.41) is 10.7. The molecule has 9 nitrogen and oxygen atoms in total. The number of aromatic nitrogens is 1. The van der Waals surface area contributed by atoms with Crippen molar-refractivity contribution in [1.29, 1.82) is 0 Å². The first kappa shape index (κ1) is 24.5. The summed E-state index contributed by atoms with van der Waals surface area (Å²) in [5.74, 6) is -1.11. The van der Waals surface area contributed by atoms with Crippen LogP contribution in [0.3, 0.4) is 0 Å². The molecule has 0 radical (unpaired) electrons. The number of phenols is 1. The third-order valence-electron chi connectivity index (χ3n) is 6.46. The van der Waals surface area contributed by atoms with E-state index in [1.165, 1.54) is 18.1 Å². The van der Waals surface area contributed by atoms with Crippen LogP contribution in [-0.4, -0.2) is 35.7 Å². The highest BCUT2D eigenvalue weighted by Crippen LogP contribution is 2.44. The summed E-state index contributed by atoms with van der Waals surface area (Å²) in [5.41, 5.74) is 2.87. The van der Waals surface area contributed by atoms with Gasteiger partial charge in [0, 0.05) is 0 Å². The minimum Gasteiger partial charge on any atom is -0.504 e. The number of benzene rings is 2. The number of aryl methyl sites for hydroxylation is 3. The number of carbonyl (C=O) groups excluding carboxylic acids is 2. The van der Waals surface area contributed by atoms with Gasteiger partial charge in [-0.3, -0.25) is 14.5 Å². The average molecular weight is 521 g/mol. The lowest BCUT2D eigenvalue weighted by molar-refractivity contribution is 0.0531. The molecule has 0 bridgehead atoms. The van der Waals surface area contributed by atoms with E-state index in [2.05, 4.69) is 4.98 Å². The van der Waals surface area contributed by atoms with Crippen LogP contribution in [0.5, 0.6) is 11.5 Å². The maximum atomic E-state index is 13.9. The summed E-state index contributed by atoms with van der Waals surface area (Å²) in [6.45, 7) is 7.35. The number of amides is 1. The highest BCUT2D eigenvalue weighted by atomic mass is 32.1. The van der Waals surface area contributed by atoms with Crippen molar-refractivity contribution in [2.75, 3.05) is 18.6 Å². The van der Waals surface area contributed by atoms with Crippen LogP contribution >= 0.6 is 11.3 Å². The quantitative estimate of drug-likeness (QED) is 0.372. The zero-order valence-electron chi connectivity index (χ0n) is 20.9. The van der Waals surface area contributed by atoms with Crippen LogP contribution in [0.25, 0.3) is 11.0 Å². The monoisotopic (exact) mass is 520 g/mol. The lowest BCUT2D eigenvalue weighted by Gasteiger charge is -2.23. The Balaban J connectivity index is 1.78. The maximum Gasteiger partial charge on any atom is 0.350 e. The number of fused-ring (bicyclic) bond motifs is 2. The Morgan fingerprint density at radius 1 is 1.16 bits per heavy atom. The van der Waals surface area contributed by atoms with Crippen LogP contribution in [0, 0.1) is 20.8 Å². The van der Waals surface area contributed by atoms with Crippen molar-refractivity contribution in [3.63, 3.8) is 0 Å². The number of aromatic hydroxyl groups is 1. The Labute approximate surface area is 215 Å². The predicted molar refractivity (Wildman–Crippen MR) is 138 cm³/mol. The van der Waals surface area contributed by atoms with Crippen LogP contribution < -0.4 is 15.1 Å². The third-order valence-corrected chi connectivity index (χ3v) is 7.59. The van der Waals surface area contributed by atoms with Crippen molar-refractivity contribution in [1.82, 2.24) is 4.98 Å². The summed E-state index contributed by atoms with van der Waals surface area (Å²) >= 11 is 1.00. The van der Waals surface area contributed by atoms with Gasteiger partial charge in [0.2, 0.25) is 5.76 Å². The Bertz CT molecular complexity index is 1650. The van der Waals surface area contributed by atoms with Gasteiger partial charge < -0.3 is 19.0 Å². The first-order valence-electron chi connectivity index (χ1n) is 11.6. The summed E-state index contributed by atoms with van der Waals surface area (Å²) in [7, 11) is 1.41. The fourth-order valence-corrected chi connectivity index (χ4v) is 5.46. The molecule has 2 aromatic heterocycles. The molecule has 1 aliphatic heterocycles. The van der Waals surface area contributed by atoms with Gasteiger partial charge in [-0.15, -0.1) is 0 Å². The van der Waals surface area contributed by atoms with Crippen molar-refractivity contribution in [3.05, 3.63) is 79.1 Å². The van der Waals surface area contributed by atoms with Gasteiger partial charge in [-0.1, -0.05) is 17.4 Å². The Hall–Kier alpha value is -4.18. The van der Waals surface area contributed by atoms with Crippen molar-refractivity contribution < 1.29 is 28.6 Å². The molecule has 37 heavy (non-hydrogen) atoms. The van der Waals surface area contributed by atoms with Gasteiger partial charge in [-0.2, -0.15) is 0 Å². The van der Waals surface area contributed by atoms with E-state index in [1.807, 2.05) is 13.8 Å². The average Bonchev–Trinajstić information content (AvgIpc) is 3.38. The van der Waals surface area contributed by atoms with Crippen molar-refractivity contribution in [2.24, 2.45) is 0 Å². The van der Waals surface area contributed by atoms with E-state index >= 15 is 0 Å². The standard InChI is InChI=1S/C27H24N2O7S/c1-6-35-26(33)24-14(4)28-27(37-24)29-21(15-7-8-17(30)19(11-15)34-5)20-22(31)16-9-12(2)13(3)10-18(16)36-23(20)25(29)32/h7-11,21,30H,6H2,1-5H3. The summed E-state index contributed by atoms with van der Waals surface area (Å²) in [6.07, 6.45) is 0. The molecular weight excluding hydrogens is 496 g/mol. The van der Waals surface area contributed by atoms with Crippen LogP contribution in [-0.2, 0) is 4.74 Å². The molecule has 190 valence electrons. The van der Waals surface area contributed by atoms with Gasteiger partial charge in [0.05, 0.1) is 36.4 Å². The Morgan fingerprint density at radius 2 is 1.89 bits per heavy atom. The molecule has 1 atom stereocenters. The molecule has 4 aromatic rings. The number of phenolic OH excluding ortho intramolecular Hbond substituents is 1. The number of esters is 1. The molecule has 10 heteroatoms. The lowest BCUT2D eigenvalue weighted by Crippen LogP contribution is -2.29. The zero-order valence-corrected chi connectivity index (χ0v) is 21.7. The SMILES string of the molecule is CCOC(=O)c1sc(N2C(=O)c3oc4cc(C)c(C)cc4c(=O)c3C2c2ccc(O)c(OC)c2)nc1C. The van der Waals surface area contributed by atoms with E-state index in [0.29, 0.717) is 22.2 Å². The number of thiazole rings is 1. The number of nitrogens with zero attached hydrogens (tertiary/aromatic N) is 2. The minimum absolute atomic E-state index is 0.0892. The third kappa shape index (κ3) is 3.84. The fraction of sp³-hybridized carbons (Fsp3) is 0.259. The second-order valence-corrected chi connectivity index (χ2v) is 9.72. The van der Waals surface area contributed by atoms with Gasteiger partial charge in [-0.05, 0) is 68.7 Å². The van der Waals surface area contributed by atoms with Gasteiger partial charge in [-0.25, -0.2) is 9.78 Å². The van der Waals surface area contributed by atoms with E-state index in [1.54, 1.807) is 38.1 Å². The smallest absolute Gasteiger partial charge is 0.350 e. The summed E-state index contributed by atoms with van der Waals surface area (Å²) in [6, 6.07) is 7.17. The first-order valence-corrected chi connectivity index (χ1v) is 12.4. The van der Waals surface area contributed by atoms with E-state index in [9.17, 15) is 19.5 Å².